The zero-order chi connectivity index (χ0) is 16.2. The van der Waals surface area contributed by atoms with Crippen molar-refractivity contribution < 1.29 is 19.1 Å². The minimum Gasteiger partial charge on any atom is -0.466 e. The lowest BCUT2D eigenvalue weighted by Gasteiger charge is -2.22. The molecule has 0 aromatic heterocycles. The maximum Gasteiger partial charge on any atom is 0.312 e. The molecule has 3 heterocycles. The fourth-order valence-electron chi connectivity index (χ4n) is 3.85. The average Bonchev–Trinajstić information content (AvgIpc) is 3.17. The molecule has 5 nitrogen and oxygen atoms in total. The van der Waals surface area contributed by atoms with Gasteiger partial charge in [-0.1, -0.05) is 28.1 Å². The van der Waals surface area contributed by atoms with Crippen LogP contribution in [0.3, 0.4) is 0 Å². The molecular formula is C17H16BrNO4. The first kappa shape index (κ1) is 14.9. The molecule has 0 aliphatic carbocycles. The van der Waals surface area contributed by atoms with E-state index in [2.05, 4.69) is 15.9 Å². The number of rotatable bonds is 3. The van der Waals surface area contributed by atoms with Crippen LogP contribution < -0.4 is 4.90 Å². The minimum atomic E-state index is -0.702. The highest BCUT2D eigenvalue weighted by Crippen LogP contribution is 2.52. The Morgan fingerprint density at radius 1 is 1.43 bits per heavy atom. The predicted octanol–water partition coefficient (Wildman–Crippen LogP) is 2.30. The summed E-state index contributed by atoms with van der Waals surface area (Å²) in [5.41, 5.74) is 0.108. The first-order valence-corrected chi connectivity index (χ1v) is 8.46. The summed E-state index contributed by atoms with van der Waals surface area (Å²) in [6, 6.07) is 7.56. The summed E-state index contributed by atoms with van der Waals surface area (Å²) in [6.45, 7) is 2.50. The molecular weight excluding hydrogens is 362 g/mol. The van der Waals surface area contributed by atoms with Crippen LogP contribution in [0.2, 0.25) is 0 Å². The molecule has 4 atom stereocenters. The second-order valence-electron chi connectivity index (χ2n) is 6.05. The van der Waals surface area contributed by atoms with E-state index in [0.717, 1.165) is 10.2 Å². The van der Waals surface area contributed by atoms with Crippen LogP contribution in [0.5, 0.6) is 0 Å². The van der Waals surface area contributed by atoms with Gasteiger partial charge in [0.1, 0.15) is 11.5 Å². The summed E-state index contributed by atoms with van der Waals surface area (Å²) in [4.78, 5) is 27.0. The van der Waals surface area contributed by atoms with Gasteiger partial charge < -0.3 is 14.4 Å². The first-order valence-electron chi connectivity index (χ1n) is 7.66. The molecule has 2 fully saturated rings. The lowest BCUT2D eigenvalue weighted by Crippen LogP contribution is -2.40. The van der Waals surface area contributed by atoms with Gasteiger partial charge in [-0.25, -0.2) is 0 Å². The lowest BCUT2D eigenvalue weighted by molar-refractivity contribution is -0.151. The second-order valence-corrected chi connectivity index (χ2v) is 6.97. The van der Waals surface area contributed by atoms with Gasteiger partial charge >= 0.3 is 5.97 Å². The highest BCUT2D eigenvalue weighted by molar-refractivity contribution is 9.10. The number of halogens is 1. The Morgan fingerprint density at radius 2 is 2.17 bits per heavy atom. The van der Waals surface area contributed by atoms with E-state index in [1.165, 1.54) is 0 Å². The molecule has 1 aromatic rings. The van der Waals surface area contributed by atoms with Gasteiger partial charge in [0, 0.05) is 10.2 Å². The molecule has 4 rings (SSSR count). The van der Waals surface area contributed by atoms with Crippen molar-refractivity contribution in [3.8, 4) is 0 Å². The second kappa shape index (κ2) is 5.18. The van der Waals surface area contributed by atoms with Gasteiger partial charge in [0.05, 0.1) is 25.2 Å². The highest BCUT2D eigenvalue weighted by atomic mass is 79.9. The molecule has 120 valence electrons. The van der Waals surface area contributed by atoms with E-state index in [0.29, 0.717) is 13.2 Å². The van der Waals surface area contributed by atoms with Gasteiger partial charge in [-0.05, 0) is 31.2 Å². The third-order valence-corrected chi connectivity index (χ3v) is 5.33. The van der Waals surface area contributed by atoms with Crippen LogP contribution in [0.1, 0.15) is 6.92 Å². The topological polar surface area (TPSA) is 55.8 Å². The van der Waals surface area contributed by atoms with E-state index >= 15 is 0 Å². The largest absolute Gasteiger partial charge is 0.466 e. The summed E-state index contributed by atoms with van der Waals surface area (Å²) >= 11 is 3.39. The van der Waals surface area contributed by atoms with Crippen molar-refractivity contribution in [2.75, 3.05) is 18.1 Å². The van der Waals surface area contributed by atoms with Crippen LogP contribution in [0.4, 0.5) is 5.69 Å². The molecule has 3 aliphatic rings. The van der Waals surface area contributed by atoms with E-state index in [1.54, 1.807) is 11.8 Å². The SMILES string of the molecule is CCOC(=O)[C@H]1[C@@H]2C=C[C@@]3(CN(c4ccc(Br)cc4)C(=O)[C@H]13)O2. The van der Waals surface area contributed by atoms with Crippen molar-refractivity contribution in [3.63, 3.8) is 0 Å². The van der Waals surface area contributed by atoms with Crippen LogP contribution in [0.25, 0.3) is 0 Å². The number of carbonyl (C=O) groups excluding carboxylic acids is 2. The van der Waals surface area contributed by atoms with Crippen LogP contribution in [0.15, 0.2) is 40.9 Å². The Morgan fingerprint density at radius 3 is 2.87 bits per heavy atom. The number of hydrogen-bond acceptors (Lipinski definition) is 4. The Balaban J connectivity index is 1.68. The number of esters is 1. The van der Waals surface area contributed by atoms with Gasteiger partial charge in [-0.2, -0.15) is 0 Å². The summed E-state index contributed by atoms with van der Waals surface area (Å²) in [5.74, 6) is -1.47. The van der Waals surface area contributed by atoms with E-state index in [4.69, 9.17) is 9.47 Å². The van der Waals surface area contributed by atoms with Gasteiger partial charge in [0.2, 0.25) is 5.91 Å². The zero-order valence-electron chi connectivity index (χ0n) is 12.6. The minimum absolute atomic E-state index is 0.0720. The summed E-state index contributed by atoms with van der Waals surface area (Å²) in [5, 5.41) is 0. The summed E-state index contributed by atoms with van der Waals surface area (Å²) in [6.07, 6.45) is 3.47. The van der Waals surface area contributed by atoms with Crippen molar-refractivity contribution in [1.29, 1.82) is 0 Å². The van der Waals surface area contributed by atoms with Crippen LogP contribution >= 0.6 is 15.9 Å². The standard InChI is InChI=1S/C17H16BrNO4/c1-2-22-16(21)13-12-7-8-17(23-12)9-19(15(20)14(13)17)11-5-3-10(18)4-6-11/h3-8,12-14H,2,9H2,1H3/t12-,13-,14-,17-/m0/s1. The molecule has 2 saturated heterocycles. The van der Waals surface area contributed by atoms with E-state index in [-0.39, 0.29) is 18.0 Å². The van der Waals surface area contributed by atoms with Crippen molar-refractivity contribution >= 4 is 33.5 Å². The number of hydrogen-bond donors (Lipinski definition) is 0. The van der Waals surface area contributed by atoms with Gasteiger partial charge in [0.15, 0.2) is 0 Å². The fourth-order valence-corrected chi connectivity index (χ4v) is 4.11. The third-order valence-electron chi connectivity index (χ3n) is 4.80. The fraction of sp³-hybridized carbons (Fsp3) is 0.412. The molecule has 0 saturated carbocycles. The maximum absolute atomic E-state index is 13.0. The van der Waals surface area contributed by atoms with Crippen molar-refractivity contribution in [2.24, 2.45) is 11.8 Å². The van der Waals surface area contributed by atoms with Crippen LogP contribution in [-0.4, -0.2) is 36.7 Å². The molecule has 0 N–H and O–H groups in total. The number of carbonyl (C=O) groups is 2. The Kier molecular flexibility index (Phi) is 3.35. The monoisotopic (exact) mass is 377 g/mol. The molecule has 1 aromatic carbocycles. The van der Waals surface area contributed by atoms with Crippen LogP contribution in [-0.2, 0) is 19.1 Å². The van der Waals surface area contributed by atoms with Crippen LogP contribution in [0, 0.1) is 11.8 Å². The van der Waals surface area contributed by atoms with Gasteiger partial charge in [-0.15, -0.1) is 0 Å². The molecule has 1 amide bonds. The lowest BCUT2D eigenvalue weighted by atomic mass is 9.77. The summed E-state index contributed by atoms with van der Waals surface area (Å²) in [7, 11) is 0. The first-order chi connectivity index (χ1) is 11.1. The van der Waals surface area contributed by atoms with E-state index in [9.17, 15) is 9.59 Å². The number of benzene rings is 1. The van der Waals surface area contributed by atoms with Crippen molar-refractivity contribution in [1.82, 2.24) is 0 Å². The normalized spacial score (nSPS) is 34.1. The van der Waals surface area contributed by atoms with Gasteiger partial charge in [0.25, 0.3) is 0 Å². The van der Waals surface area contributed by atoms with E-state index < -0.39 is 17.4 Å². The zero-order valence-corrected chi connectivity index (χ0v) is 14.2. The van der Waals surface area contributed by atoms with Crippen molar-refractivity contribution in [2.45, 2.75) is 18.6 Å². The molecule has 2 bridgehead atoms. The number of amides is 1. The Hall–Kier alpha value is -1.66. The summed E-state index contributed by atoms with van der Waals surface area (Å²) < 4.78 is 12.1. The number of anilines is 1. The predicted molar refractivity (Wildman–Crippen MR) is 86.9 cm³/mol. The quantitative estimate of drug-likeness (QED) is 0.598. The van der Waals surface area contributed by atoms with Gasteiger partial charge in [-0.3, -0.25) is 9.59 Å². The smallest absolute Gasteiger partial charge is 0.312 e. The average molecular weight is 378 g/mol. The molecule has 23 heavy (non-hydrogen) atoms. The molecule has 6 heteroatoms. The number of ether oxygens (including phenoxy) is 2. The third kappa shape index (κ3) is 2.08. The molecule has 1 spiro atoms. The van der Waals surface area contributed by atoms with Crippen molar-refractivity contribution in [3.05, 3.63) is 40.9 Å². The Labute approximate surface area is 142 Å². The Bertz CT molecular complexity index is 701. The molecule has 0 radical (unpaired) electrons. The number of fused-ring (bicyclic) bond motifs is 1. The number of nitrogens with zero attached hydrogens (tertiary/aromatic N) is 1. The molecule has 3 aliphatic heterocycles. The highest BCUT2D eigenvalue weighted by Gasteiger charge is 2.67. The maximum atomic E-state index is 13.0. The molecule has 0 unspecified atom stereocenters. The van der Waals surface area contributed by atoms with E-state index in [1.807, 2.05) is 36.4 Å².